The Hall–Kier alpha value is -1.59. The van der Waals surface area contributed by atoms with Gasteiger partial charge in [0.15, 0.2) is 0 Å². The quantitative estimate of drug-likeness (QED) is 0.779. The number of nitrogens with zero attached hydrogens (tertiary/aromatic N) is 2. The molecule has 25 heavy (non-hydrogen) atoms. The molecular formula is C19H21BrClN3O. The number of carbonyl (C=O) groups is 1. The largest absolute Gasteiger partial charge is 0.357 e. The number of anilines is 1. The SMILES string of the molecule is CC1CCN(c2ccc(CNC(=O)c3cc(Cl)ccc3Br)cn2)CC1. The van der Waals surface area contributed by atoms with E-state index < -0.39 is 0 Å². The molecule has 0 atom stereocenters. The topological polar surface area (TPSA) is 45.2 Å². The summed E-state index contributed by atoms with van der Waals surface area (Å²) in [6.07, 6.45) is 4.27. The molecule has 1 amide bonds. The third kappa shape index (κ3) is 4.73. The van der Waals surface area contributed by atoms with Crippen molar-refractivity contribution in [2.24, 2.45) is 5.92 Å². The number of amides is 1. The number of pyridine rings is 1. The minimum absolute atomic E-state index is 0.163. The maximum atomic E-state index is 12.3. The zero-order chi connectivity index (χ0) is 17.8. The van der Waals surface area contributed by atoms with Crippen LogP contribution in [0.4, 0.5) is 5.82 Å². The predicted octanol–water partition coefficient (Wildman–Crippen LogP) is 4.66. The number of carbonyl (C=O) groups excluding carboxylic acids is 1. The van der Waals surface area contributed by atoms with Crippen LogP contribution in [0.15, 0.2) is 41.0 Å². The van der Waals surface area contributed by atoms with Crippen LogP contribution in [-0.4, -0.2) is 24.0 Å². The number of halogens is 2. The number of piperidine rings is 1. The van der Waals surface area contributed by atoms with Crippen molar-refractivity contribution in [2.45, 2.75) is 26.3 Å². The van der Waals surface area contributed by atoms with Crippen LogP contribution in [0, 0.1) is 5.92 Å². The van der Waals surface area contributed by atoms with Crippen LogP contribution in [0.2, 0.25) is 5.02 Å². The molecule has 1 aliphatic rings. The van der Waals surface area contributed by atoms with Gasteiger partial charge >= 0.3 is 0 Å². The lowest BCUT2D eigenvalue weighted by atomic mass is 9.99. The standard InChI is InChI=1S/C19H21BrClN3O/c1-13-6-8-24(9-7-13)18-5-2-14(11-22-18)12-23-19(25)16-10-15(21)3-4-17(16)20/h2-5,10-11,13H,6-9,12H2,1H3,(H,23,25). The van der Waals surface area contributed by atoms with E-state index in [0.717, 1.165) is 34.9 Å². The van der Waals surface area contributed by atoms with Crippen molar-refractivity contribution >= 4 is 39.3 Å². The van der Waals surface area contributed by atoms with Gasteiger partial charge in [-0.05, 0) is 64.5 Å². The van der Waals surface area contributed by atoms with Crippen LogP contribution >= 0.6 is 27.5 Å². The average molecular weight is 423 g/mol. The Morgan fingerprint density at radius 2 is 2.08 bits per heavy atom. The van der Waals surface area contributed by atoms with Gasteiger partial charge in [-0.3, -0.25) is 4.79 Å². The van der Waals surface area contributed by atoms with Gasteiger partial charge in [0.25, 0.3) is 5.91 Å². The summed E-state index contributed by atoms with van der Waals surface area (Å²) in [6, 6.07) is 9.22. The summed E-state index contributed by atoms with van der Waals surface area (Å²) in [6.45, 7) is 4.86. The third-order valence-corrected chi connectivity index (χ3v) is 5.47. The molecule has 4 nitrogen and oxygen atoms in total. The molecule has 1 fully saturated rings. The second-order valence-corrected chi connectivity index (χ2v) is 7.79. The molecule has 0 aliphatic carbocycles. The Balaban J connectivity index is 1.58. The van der Waals surface area contributed by atoms with Crippen LogP contribution in [-0.2, 0) is 6.54 Å². The van der Waals surface area contributed by atoms with Crippen molar-refractivity contribution < 1.29 is 4.79 Å². The summed E-state index contributed by atoms with van der Waals surface area (Å²) >= 11 is 9.34. The van der Waals surface area contributed by atoms with Crippen LogP contribution in [0.3, 0.4) is 0 Å². The van der Waals surface area contributed by atoms with E-state index in [1.54, 1.807) is 18.2 Å². The second kappa shape index (κ2) is 8.19. The molecule has 1 N–H and O–H groups in total. The van der Waals surface area contributed by atoms with E-state index >= 15 is 0 Å². The lowest BCUT2D eigenvalue weighted by molar-refractivity contribution is 0.0950. The van der Waals surface area contributed by atoms with E-state index in [9.17, 15) is 4.79 Å². The number of hydrogen-bond acceptors (Lipinski definition) is 3. The fraction of sp³-hybridized carbons (Fsp3) is 0.368. The molecule has 2 aromatic rings. The first-order valence-electron chi connectivity index (χ1n) is 8.46. The minimum Gasteiger partial charge on any atom is -0.357 e. The lowest BCUT2D eigenvalue weighted by Gasteiger charge is -2.31. The normalized spacial score (nSPS) is 15.2. The molecule has 0 bridgehead atoms. The van der Waals surface area contributed by atoms with Gasteiger partial charge in [-0.25, -0.2) is 4.98 Å². The summed E-state index contributed by atoms with van der Waals surface area (Å²) in [5.41, 5.74) is 1.50. The van der Waals surface area contributed by atoms with Gasteiger partial charge in [-0.2, -0.15) is 0 Å². The minimum atomic E-state index is -0.163. The maximum Gasteiger partial charge on any atom is 0.252 e. The number of rotatable bonds is 4. The number of hydrogen-bond donors (Lipinski definition) is 1. The summed E-state index contributed by atoms with van der Waals surface area (Å²) in [5.74, 6) is 1.65. The van der Waals surface area contributed by atoms with Gasteiger partial charge in [0.1, 0.15) is 5.82 Å². The van der Waals surface area contributed by atoms with Gasteiger partial charge < -0.3 is 10.2 Å². The zero-order valence-electron chi connectivity index (χ0n) is 14.1. The molecule has 0 spiro atoms. The number of benzene rings is 1. The predicted molar refractivity (Wildman–Crippen MR) is 105 cm³/mol. The second-order valence-electron chi connectivity index (χ2n) is 6.50. The lowest BCUT2D eigenvalue weighted by Crippen LogP contribution is -2.33. The van der Waals surface area contributed by atoms with Crippen molar-refractivity contribution in [3.05, 3.63) is 57.2 Å². The molecule has 6 heteroatoms. The summed E-state index contributed by atoms with van der Waals surface area (Å²) < 4.78 is 0.724. The smallest absolute Gasteiger partial charge is 0.252 e. The van der Waals surface area contributed by atoms with Gasteiger partial charge in [0.2, 0.25) is 0 Å². The molecular weight excluding hydrogens is 402 g/mol. The Morgan fingerprint density at radius 3 is 2.76 bits per heavy atom. The monoisotopic (exact) mass is 421 g/mol. The third-order valence-electron chi connectivity index (χ3n) is 4.54. The maximum absolute atomic E-state index is 12.3. The number of aromatic nitrogens is 1. The van der Waals surface area contributed by atoms with Gasteiger partial charge in [0.05, 0.1) is 5.56 Å². The highest BCUT2D eigenvalue weighted by Gasteiger charge is 2.17. The zero-order valence-corrected chi connectivity index (χ0v) is 16.5. The first kappa shape index (κ1) is 18.2. The van der Waals surface area contributed by atoms with Gasteiger partial charge in [-0.15, -0.1) is 0 Å². The molecule has 0 saturated carbocycles. The summed E-state index contributed by atoms with van der Waals surface area (Å²) in [4.78, 5) is 19.2. The first-order chi connectivity index (χ1) is 12.0. The molecule has 1 aromatic heterocycles. The Kier molecular flexibility index (Phi) is 5.97. The molecule has 0 radical (unpaired) electrons. The van der Waals surface area contributed by atoms with Crippen LogP contribution < -0.4 is 10.2 Å². The van der Waals surface area contributed by atoms with Crippen molar-refractivity contribution in [3.63, 3.8) is 0 Å². The molecule has 1 aromatic carbocycles. The van der Waals surface area contributed by atoms with E-state index in [1.165, 1.54) is 12.8 Å². The highest BCUT2D eigenvalue weighted by Crippen LogP contribution is 2.22. The van der Waals surface area contributed by atoms with Crippen molar-refractivity contribution in [3.8, 4) is 0 Å². The molecule has 3 rings (SSSR count). The molecule has 0 unspecified atom stereocenters. The van der Waals surface area contributed by atoms with E-state index in [2.05, 4.69) is 38.1 Å². The Bertz CT molecular complexity index is 743. The van der Waals surface area contributed by atoms with E-state index in [-0.39, 0.29) is 5.91 Å². The number of nitrogens with one attached hydrogen (secondary N) is 1. The fourth-order valence-corrected chi connectivity index (χ4v) is 3.49. The first-order valence-corrected chi connectivity index (χ1v) is 9.63. The molecule has 132 valence electrons. The summed E-state index contributed by atoms with van der Waals surface area (Å²) in [7, 11) is 0. The van der Waals surface area contributed by atoms with Gasteiger partial charge in [-0.1, -0.05) is 24.6 Å². The molecule has 1 saturated heterocycles. The van der Waals surface area contributed by atoms with E-state index in [0.29, 0.717) is 17.1 Å². The van der Waals surface area contributed by atoms with Crippen molar-refractivity contribution in [2.75, 3.05) is 18.0 Å². The fourth-order valence-electron chi connectivity index (χ4n) is 2.90. The van der Waals surface area contributed by atoms with E-state index in [4.69, 9.17) is 11.6 Å². The highest BCUT2D eigenvalue weighted by atomic mass is 79.9. The van der Waals surface area contributed by atoms with Crippen molar-refractivity contribution in [1.82, 2.24) is 10.3 Å². The molecule has 1 aliphatic heterocycles. The summed E-state index contributed by atoms with van der Waals surface area (Å²) in [5, 5.41) is 3.44. The highest BCUT2D eigenvalue weighted by molar-refractivity contribution is 9.10. The van der Waals surface area contributed by atoms with Crippen LogP contribution in [0.1, 0.15) is 35.7 Å². The van der Waals surface area contributed by atoms with Crippen molar-refractivity contribution in [1.29, 1.82) is 0 Å². The average Bonchev–Trinajstić information content (AvgIpc) is 2.63. The molecule has 2 heterocycles. The Labute approximate surface area is 161 Å². The van der Waals surface area contributed by atoms with Crippen LogP contribution in [0.25, 0.3) is 0 Å². The Morgan fingerprint density at radius 1 is 1.32 bits per heavy atom. The van der Waals surface area contributed by atoms with Gasteiger partial charge in [0, 0.05) is 35.3 Å². The van der Waals surface area contributed by atoms with Crippen LogP contribution in [0.5, 0.6) is 0 Å². The van der Waals surface area contributed by atoms with E-state index in [1.807, 2.05) is 18.3 Å².